The molecule has 0 saturated carbocycles. The highest BCUT2D eigenvalue weighted by Gasteiger charge is 2.17. The zero-order chi connectivity index (χ0) is 23.1. The molecular weight excluding hydrogens is 399 g/mol. The number of hydrogen-bond donors (Lipinski definition) is 3. The third kappa shape index (κ3) is 6.21. The lowest BCUT2D eigenvalue weighted by molar-refractivity contribution is -0.118. The van der Waals surface area contributed by atoms with Crippen LogP contribution in [0.2, 0.25) is 0 Å². The summed E-state index contributed by atoms with van der Waals surface area (Å²) in [4.78, 5) is 12.3. The Balaban J connectivity index is 2.47. The van der Waals surface area contributed by atoms with Crippen molar-refractivity contribution in [1.82, 2.24) is 5.32 Å². The molecule has 1 amide bonds. The molecular formula is C24H31FN2O4. The number of ether oxygens (including phenoxy) is 2. The van der Waals surface area contributed by atoms with Crippen molar-refractivity contribution in [3.05, 3.63) is 47.3 Å². The monoisotopic (exact) mass is 430 g/mol. The molecule has 2 aromatic carbocycles. The van der Waals surface area contributed by atoms with E-state index in [1.54, 1.807) is 38.1 Å². The molecule has 0 aliphatic heterocycles. The summed E-state index contributed by atoms with van der Waals surface area (Å²) in [6, 6.07) is 8.20. The molecule has 1 atom stereocenters. The first-order valence-electron chi connectivity index (χ1n) is 10.1. The number of amides is 1. The van der Waals surface area contributed by atoms with E-state index in [9.17, 15) is 9.18 Å². The molecule has 0 saturated heterocycles. The molecule has 0 aliphatic carbocycles. The van der Waals surface area contributed by atoms with Crippen LogP contribution in [0.4, 0.5) is 10.1 Å². The zero-order valence-corrected chi connectivity index (χ0v) is 18.9. The van der Waals surface area contributed by atoms with E-state index in [4.69, 9.17) is 14.6 Å². The summed E-state index contributed by atoms with van der Waals surface area (Å²) in [5.41, 5.74) is 2.67. The summed E-state index contributed by atoms with van der Waals surface area (Å²) in [7, 11) is 3.02. The van der Waals surface area contributed by atoms with Crippen molar-refractivity contribution < 1.29 is 23.8 Å². The molecule has 0 aliphatic rings. The minimum absolute atomic E-state index is 0.151. The van der Waals surface area contributed by atoms with Crippen LogP contribution in [-0.2, 0) is 4.79 Å². The molecule has 0 bridgehead atoms. The van der Waals surface area contributed by atoms with Gasteiger partial charge < -0.3 is 25.2 Å². The lowest BCUT2D eigenvalue weighted by Gasteiger charge is -2.16. The van der Waals surface area contributed by atoms with Crippen LogP contribution < -0.4 is 20.1 Å². The first-order valence-corrected chi connectivity index (χ1v) is 10.1. The largest absolute Gasteiger partial charge is 0.496 e. The predicted molar refractivity (Wildman–Crippen MR) is 122 cm³/mol. The van der Waals surface area contributed by atoms with E-state index in [1.807, 2.05) is 19.9 Å². The van der Waals surface area contributed by atoms with Gasteiger partial charge in [-0.3, -0.25) is 4.79 Å². The Bertz CT molecular complexity index is 957. The molecule has 7 heteroatoms. The Morgan fingerprint density at radius 2 is 1.77 bits per heavy atom. The van der Waals surface area contributed by atoms with Crippen LogP contribution in [0, 0.1) is 5.82 Å². The topological polar surface area (TPSA) is 79.8 Å². The number of rotatable bonds is 9. The van der Waals surface area contributed by atoms with E-state index in [2.05, 4.69) is 10.6 Å². The van der Waals surface area contributed by atoms with Crippen LogP contribution in [-0.4, -0.2) is 43.9 Å². The van der Waals surface area contributed by atoms with Crippen molar-refractivity contribution >= 4 is 17.7 Å². The van der Waals surface area contributed by atoms with Gasteiger partial charge >= 0.3 is 0 Å². The number of hydrogen-bond acceptors (Lipinski definition) is 5. The van der Waals surface area contributed by atoms with Crippen molar-refractivity contribution in [2.45, 2.75) is 39.8 Å². The third-order valence-electron chi connectivity index (χ3n) is 4.65. The van der Waals surface area contributed by atoms with Crippen molar-refractivity contribution in [2.75, 3.05) is 26.1 Å². The van der Waals surface area contributed by atoms with Gasteiger partial charge in [0.1, 0.15) is 17.3 Å². The van der Waals surface area contributed by atoms with Gasteiger partial charge in [-0.2, -0.15) is 0 Å². The van der Waals surface area contributed by atoms with Crippen molar-refractivity contribution in [1.29, 1.82) is 0 Å². The smallest absolute Gasteiger partial charge is 0.247 e. The molecule has 2 aromatic rings. The Morgan fingerprint density at radius 1 is 1.10 bits per heavy atom. The van der Waals surface area contributed by atoms with Gasteiger partial charge in [0.15, 0.2) is 0 Å². The summed E-state index contributed by atoms with van der Waals surface area (Å²) >= 11 is 0. The predicted octanol–water partition coefficient (Wildman–Crippen LogP) is 4.23. The fourth-order valence-electron chi connectivity index (χ4n) is 3.08. The number of nitrogens with one attached hydrogen (secondary N) is 2. The number of anilines is 1. The molecule has 0 spiro atoms. The van der Waals surface area contributed by atoms with Gasteiger partial charge in [-0.1, -0.05) is 0 Å². The van der Waals surface area contributed by atoms with Crippen LogP contribution in [0.1, 0.15) is 33.3 Å². The SMILES string of the molecule is COc1cc(-c2ccc(NC(C)C)cc2F)c(OC)cc1C=C(C)C(=O)N[C@H](C)CO. The number of carbonyl (C=O) groups is 1. The summed E-state index contributed by atoms with van der Waals surface area (Å²) in [5.74, 6) is 0.239. The standard InChI is InChI=1S/C24H31FN2O4/c1-14(2)26-18-7-8-19(21(25)11-18)20-12-22(30-5)17(10-23(20)31-6)9-15(3)24(29)27-16(4)13-28/h7-12,14,16,26,28H,13H2,1-6H3,(H,27,29)/t16-/m1/s1. The number of aliphatic hydroxyl groups is 1. The van der Waals surface area contributed by atoms with Crippen LogP contribution in [0.5, 0.6) is 11.5 Å². The second kappa shape index (κ2) is 10.8. The van der Waals surface area contributed by atoms with Crippen LogP contribution in [0.25, 0.3) is 17.2 Å². The Hall–Kier alpha value is -3.06. The third-order valence-corrected chi connectivity index (χ3v) is 4.65. The quantitative estimate of drug-likeness (QED) is 0.519. The van der Waals surface area contributed by atoms with Gasteiger partial charge in [-0.05, 0) is 64.1 Å². The van der Waals surface area contributed by atoms with Gasteiger partial charge in [0.2, 0.25) is 5.91 Å². The summed E-state index contributed by atoms with van der Waals surface area (Å²) in [6.45, 7) is 7.19. The van der Waals surface area contributed by atoms with E-state index < -0.39 is 0 Å². The van der Waals surface area contributed by atoms with E-state index in [0.717, 1.165) is 0 Å². The number of aliphatic hydroxyl groups excluding tert-OH is 1. The van der Waals surface area contributed by atoms with Gasteiger partial charge in [0.25, 0.3) is 0 Å². The summed E-state index contributed by atoms with van der Waals surface area (Å²) in [6.07, 6.45) is 1.66. The molecule has 2 rings (SSSR count). The highest BCUT2D eigenvalue weighted by Crippen LogP contribution is 2.38. The normalized spacial score (nSPS) is 12.5. The molecule has 0 unspecified atom stereocenters. The number of methoxy groups -OCH3 is 2. The van der Waals surface area contributed by atoms with Gasteiger partial charge in [-0.25, -0.2) is 4.39 Å². The molecule has 0 radical (unpaired) electrons. The number of benzene rings is 2. The molecule has 6 nitrogen and oxygen atoms in total. The van der Waals surface area contributed by atoms with Crippen molar-refractivity contribution in [3.63, 3.8) is 0 Å². The Labute approximate surface area is 183 Å². The summed E-state index contributed by atoms with van der Waals surface area (Å²) in [5, 5.41) is 15.0. The van der Waals surface area contributed by atoms with E-state index >= 15 is 0 Å². The van der Waals surface area contributed by atoms with Gasteiger partial charge in [-0.15, -0.1) is 0 Å². The minimum atomic E-state index is -0.386. The first kappa shape index (κ1) is 24.2. The number of carbonyl (C=O) groups excluding carboxylic acids is 1. The number of halogens is 1. The maximum absolute atomic E-state index is 14.9. The summed E-state index contributed by atoms with van der Waals surface area (Å²) < 4.78 is 25.9. The molecule has 0 heterocycles. The fraction of sp³-hybridized carbons (Fsp3) is 0.375. The molecule has 0 fully saturated rings. The fourth-order valence-corrected chi connectivity index (χ4v) is 3.08. The average Bonchev–Trinajstić information content (AvgIpc) is 2.73. The maximum Gasteiger partial charge on any atom is 0.247 e. The van der Waals surface area contributed by atoms with Crippen molar-refractivity contribution in [3.8, 4) is 22.6 Å². The zero-order valence-electron chi connectivity index (χ0n) is 18.9. The molecule has 3 N–H and O–H groups in total. The van der Waals surface area contributed by atoms with E-state index in [0.29, 0.717) is 39.4 Å². The Kier molecular flexibility index (Phi) is 8.45. The van der Waals surface area contributed by atoms with Crippen LogP contribution in [0.3, 0.4) is 0 Å². The lowest BCUT2D eigenvalue weighted by atomic mass is 9.99. The molecule has 168 valence electrons. The Morgan fingerprint density at radius 3 is 2.32 bits per heavy atom. The van der Waals surface area contributed by atoms with Gasteiger partial charge in [0, 0.05) is 40.0 Å². The second-order valence-electron chi connectivity index (χ2n) is 7.67. The maximum atomic E-state index is 14.9. The van der Waals surface area contributed by atoms with Crippen LogP contribution in [0.15, 0.2) is 35.9 Å². The highest BCUT2D eigenvalue weighted by molar-refractivity contribution is 5.98. The average molecular weight is 431 g/mol. The first-order chi connectivity index (χ1) is 14.7. The van der Waals surface area contributed by atoms with Crippen LogP contribution >= 0.6 is 0 Å². The molecule has 0 aromatic heterocycles. The minimum Gasteiger partial charge on any atom is -0.496 e. The van der Waals surface area contributed by atoms with Gasteiger partial charge in [0.05, 0.1) is 20.8 Å². The van der Waals surface area contributed by atoms with E-state index in [-0.39, 0.29) is 30.4 Å². The lowest BCUT2D eigenvalue weighted by Crippen LogP contribution is -2.35. The highest BCUT2D eigenvalue weighted by atomic mass is 19.1. The van der Waals surface area contributed by atoms with Crippen molar-refractivity contribution in [2.24, 2.45) is 0 Å². The molecule has 31 heavy (non-hydrogen) atoms. The van der Waals surface area contributed by atoms with E-state index in [1.165, 1.54) is 20.3 Å². The second-order valence-corrected chi connectivity index (χ2v) is 7.67.